The molecule has 4 nitrogen and oxygen atoms in total. The van der Waals surface area contributed by atoms with Gasteiger partial charge in [0, 0.05) is 31.4 Å². The van der Waals surface area contributed by atoms with E-state index in [4.69, 9.17) is 0 Å². The molecule has 0 spiro atoms. The minimum atomic E-state index is -4.54. The van der Waals surface area contributed by atoms with Crippen LogP contribution in [0.4, 0.5) is 19.0 Å². The zero-order valence-electron chi connectivity index (χ0n) is 15.5. The van der Waals surface area contributed by atoms with Crippen LogP contribution in [0.3, 0.4) is 0 Å². The van der Waals surface area contributed by atoms with E-state index in [9.17, 15) is 18.3 Å². The van der Waals surface area contributed by atoms with Crippen molar-refractivity contribution in [3.63, 3.8) is 0 Å². The Morgan fingerprint density at radius 3 is 2.38 bits per heavy atom. The van der Waals surface area contributed by atoms with E-state index >= 15 is 0 Å². The summed E-state index contributed by atoms with van der Waals surface area (Å²) in [4.78, 5) is 10.4. The highest BCUT2D eigenvalue weighted by atomic mass is 32.1. The molecule has 0 unspecified atom stereocenters. The van der Waals surface area contributed by atoms with E-state index in [-0.39, 0.29) is 16.3 Å². The number of halogens is 3. The average molecular weight is 415 g/mol. The van der Waals surface area contributed by atoms with Crippen LogP contribution in [0.5, 0.6) is 5.75 Å². The van der Waals surface area contributed by atoms with E-state index in [0.717, 1.165) is 23.2 Å². The lowest BCUT2D eigenvalue weighted by Crippen LogP contribution is -2.10. The average Bonchev–Trinajstić information content (AvgIpc) is 3.10. The zero-order valence-corrected chi connectivity index (χ0v) is 16.3. The van der Waals surface area contributed by atoms with E-state index < -0.39 is 11.7 Å². The molecule has 0 aliphatic heterocycles. The lowest BCUT2D eigenvalue weighted by Gasteiger charge is -2.14. The van der Waals surface area contributed by atoms with Crippen LogP contribution in [0.15, 0.2) is 54.7 Å². The lowest BCUT2D eigenvalue weighted by atomic mass is 10.00. The first-order chi connectivity index (χ1) is 13.7. The van der Waals surface area contributed by atoms with Crippen molar-refractivity contribution in [2.45, 2.75) is 6.18 Å². The molecule has 0 amide bonds. The van der Waals surface area contributed by atoms with Crippen molar-refractivity contribution in [1.82, 2.24) is 9.97 Å². The van der Waals surface area contributed by atoms with Crippen LogP contribution in [-0.2, 0) is 6.18 Å². The predicted molar refractivity (Wildman–Crippen MR) is 109 cm³/mol. The summed E-state index contributed by atoms with van der Waals surface area (Å²) in [7, 11) is 3.69. The van der Waals surface area contributed by atoms with E-state index in [1.54, 1.807) is 30.5 Å². The minimum Gasteiger partial charge on any atom is -0.508 e. The lowest BCUT2D eigenvalue weighted by molar-refractivity contribution is -0.137. The highest BCUT2D eigenvalue weighted by Crippen LogP contribution is 2.42. The Kier molecular flexibility index (Phi) is 4.66. The molecule has 29 heavy (non-hydrogen) atoms. The number of hydrogen-bond donors (Lipinski definition) is 1. The molecule has 2 heterocycles. The molecule has 148 valence electrons. The summed E-state index contributed by atoms with van der Waals surface area (Å²) in [5.41, 5.74) is 0.831. The maximum Gasteiger partial charge on any atom is 0.417 e. The van der Waals surface area contributed by atoms with Crippen molar-refractivity contribution in [3.8, 4) is 27.4 Å². The second kappa shape index (κ2) is 7.04. The number of phenolic OH excluding ortho intramolecular Hbond substituents is 1. The molecule has 0 aliphatic rings. The number of pyridine rings is 1. The first-order valence-electron chi connectivity index (χ1n) is 8.67. The van der Waals surface area contributed by atoms with E-state index in [1.807, 2.05) is 19.0 Å². The third-order valence-electron chi connectivity index (χ3n) is 4.47. The Morgan fingerprint density at radius 2 is 1.72 bits per heavy atom. The Bertz CT molecular complexity index is 1180. The fraction of sp³-hybridized carbons (Fsp3) is 0.143. The molecule has 1 N–H and O–H groups in total. The zero-order chi connectivity index (χ0) is 20.8. The van der Waals surface area contributed by atoms with Crippen molar-refractivity contribution in [1.29, 1.82) is 0 Å². The normalized spacial score (nSPS) is 11.8. The Hall–Kier alpha value is -3.13. The van der Waals surface area contributed by atoms with Gasteiger partial charge in [0.2, 0.25) is 0 Å². The van der Waals surface area contributed by atoms with Crippen molar-refractivity contribution < 1.29 is 18.3 Å². The molecular formula is C21H16F3N3OS. The summed E-state index contributed by atoms with van der Waals surface area (Å²) in [6.07, 6.45) is -2.98. The number of benzene rings is 2. The fourth-order valence-electron chi connectivity index (χ4n) is 2.99. The Labute approximate surface area is 168 Å². The highest BCUT2D eigenvalue weighted by molar-refractivity contribution is 7.21. The first kappa shape index (κ1) is 19.2. The van der Waals surface area contributed by atoms with Crippen LogP contribution in [0.25, 0.3) is 31.9 Å². The molecular weight excluding hydrogens is 399 g/mol. The SMILES string of the molecule is CN(C)c1ccc(-c2ccc(-c3nc4ccc(O)cc4s3)c(C(F)(F)F)c2)cn1. The number of fused-ring (bicyclic) bond motifs is 1. The first-order valence-corrected chi connectivity index (χ1v) is 9.49. The van der Waals surface area contributed by atoms with Gasteiger partial charge in [-0.25, -0.2) is 9.97 Å². The molecule has 0 saturated heterocycles. The molecule has 2 aromatic heterocycles. The number of nitrogens with zero attached hydrogens (tertiary/aromatic N) is 3. The van der Waals surface area contributed by atoms with Crippen LogP contribution >= 0.6 is 11.3 Å². The number of aromatic nitrogens is 2. The summed E-state index contributed by atoms with van der Waals surface area (Å²) in [6, 6.07) is 12.3. The van der Waals surface area contributed by atoms with Gasteiger partial charge in [0.05, 0.1) is 15.8 Å². The van der Waals surface area contributed by atoms with Gasteiger partial charge in [0.25, 0.3) is 0 Å². The molecule has 8 heteroatoms. The standard InChI is InChI=1S/C21H16F3N3OS/c1-27(2)19-8-4-13(11-25-19)12-3-6-15(16(9-12)21(22,23)24)20-26-17-7-5-14(28)10-18(17)29-20/h3-11,28H,1-2H3. The molecule has 0 fully saturated rings. The van der Waals surface area contributed by atoms with Gasteiger partial charge < -0.3 is 10.0 Å². The Morgan fingerprint density at radius 1 is 0.966 bits per heavy atom. The molecule has 0 radical (unpaired) electrons. The minimum absolute atomic E-state index is 0.0137. The summed E-state index contributed by atoms with van der Waals surface area (Å²) < 4.78 is 42.1. The Balaban J connectivity index is 1.82. The number of anilines is 1. The van der Waals surface area contributed by atoms with Crippen LogP contribution < -0.4 is 4.90 Å². The van der Waals surface area contributed by atoms with Gasteiger partial charge in [-0.2, -0.15) is 13.2 Å². The number of rotatable bonds is 3. The van der Waals surface area contributed by atoms with Crippen LogP contribution in [0.2, 0.25) is 0 Å². The smallest absolute Gasteiger partial charge is 0.417 e. The van der Waals surface area contributed by atoms with Gasteiger partial charge in [0.1, 0.15) is 16.6 Å². The van der Waals surface area contributed by atoms with Gasteiger partial charge in [-0.05, 0) is 42.0 Å². The molecule has 4 rings (SSSR count). The third-order valence-corrected chi connectivity index (χ3v) is 5.52. The monoisotopic (exact) mass is 415 g/mol. The fourth-order valence-corrected chi connectivity index (χ4v) is 4.03. The molecule has 0 bridgehead atoms. The topological polar surface area (TPSA) is 49.2 Å². The summed E-state index contributed by atoms with van der Waals surface area (Å²) in [6.45, 7) is 0. The van der Waals surface area contributed by atoms with Gasteiger partial charge >= 0.3 is 6.18 Å². The van der Waals surface area contributed by atoms with Crippen LogP contribution in [-0.4, -0.2) is 29.2 Å². The maximum absolute atomic E-state index is 13.8. The quantitative estimate of drug-likeness (QED) is 0.458. The van der Waals surface area contributed by atoms with Crippen LogP contribution in [0.1, 0.15) is 5.56 Å². The summed E-state index contributed by atoms with van der Waals surface area (Å²) in [5.74, 6) is 0.770. The van der Waals surface area contributed by atoms with Gasteiger partial charge in [-0.15, -0.1) is 11.3 Å². The van der Waals surface area contributed by atoms with Crippen molar-refractivity contribution >= 4 is 27.4 Å². The molecule has 0 saturated carbocycles. The van der Waals surface area contributed by atoms with Crippen molar-refractivity contribution in [3.05, 3.63) is 60.3 Å². The van der Waals surface area contributed by atoms with Gasteiger partial charge in [-0.1, -0.05) is 12.1 Å². The third kappa shape index (κ3) is 3.75. The summed E-state index contributed by atoms with van der Waals surface area (Å²) >= 11 is 1.11. The molecule has 4 aromatic rings. The molecule has 0 aliphatic carbocycles. The molecule has 2 aromatic carbocycles. The maximum atomic E-state index is 13.8. The largest absolute Gasteiger partial charge is 0.508 e. The second-order valence-electron chi connectivity index (χ2n) is 6.73. The second-order valence-corrected chi connectivity index (χ2v) is 7.76. The number of thiazole rings is 1. The van der Waals surface area contributed by atoms with E-state index in [2.05, 4.69) is 9.97 Å². The number of phenols is 1. The number of hydrogen-bond acceptors (Lipinski definition) is 5. The highest BCUT2D eigenvalue weighted by Gasteiger charge is 2.35. The number of alkyl halides is 3. The van der Waals surface area contributed by atoms with Crippen molar-refractivity contribution in [2.24, 2.45) is 0 Å². The molecule has 0 atom stereocenters. The number of aromatic hydroxyl groups is 1. The van der Waals surface area contributed by atoms with E-state index in [0.29, 0.717) is 21.3 Å². The summed E-state index contributed by atoms with van der Waals surface area (Å²) in [5, 5.41) is 9.86. The van der Waals surface area contributed by atoms with Gasteiger partial charge in [-0.3, -0.25) is 0 Å². The van der Waals surface area contributed by atoms with Crippen LogP contribution in [0, 0.1) is 0 Å². The van der Waals surface area contributed by atoms with Gasteiger partial charge in [0.15, 0.2) is 0 Å². The predicted octanol–water partition coefficient (Wildman–Crippen LogP) is 5.82. The van der Waals surface area contributed by atoms with E-state index in [1.165, 1.54) is 18.2 Å². The van der Waals surface area contributed by atoms with Crippen molar-refractivity contribution in [2.75, 3.05) is 19.0 Å².